The average Bonchev–Trinajstić information content (AvgIpc) is 1.65. The van der Waals surface area contributed by atoms with Crippen molar-refractivity contribution in [3.8, 4) is 17.2 Å². The van der Waals surface area contributed by atoms with Crippen LogP contribution in [0.1, 0.15) is 212 Å². The molecule has 6 aromatic carbocycles. The zero-order chi connectivity index (χ0) is 102. The maximum Gasteiger partial charge on any atom is 0.236 e. The van der Waals surface area contributed by atoms with Gasteiger partial charge in [0.2, 0.25) is 23.7 Å². The number of carbonyl (C=O) groups is 2. The molecule has 4 aliphatic rings. The van der Waals surface area contributed by atoms with Crippen molar-refractivity contribution in [2.24, 2.45) is 5.92 Å². The van der Waals surface area contributed by atoms with Gasteiger partial charge in [0, 0.05) is 87.6 Å². The highest BCUT2D eigenvalue weighted by molar-refractivity contribution is 7.92. The summed E-state index contributed by atoms with van der Waals surface area (Å²) in [6, 6.07) is 33.5. The highest BCUT2D eigenvalue weighted by Gasteiger charge is 2.36. The van der Waals surface area contributed by atoms with Gasteiger partial charge in [0.25, 0.3) is 0 Å². The van der Waals surface area contributed by atoms with Crippen LogP contribution in [0.15, 0.2) is 124 Å². The number of hydrogen-bond acceptors (Lipinski definition) is 29. The minimum absolute atomic E-state index is 0.0211. The summed E-state index contributed by atoms with van der Waals surface area (Å²) in [5.41, 5.74) is 15.5. The molecule has 0 spiro atoms. The van der Waals surface area contributed by atoms with Gasteiger partial charge in [0.15, 0.2) is 46.5 Å². The Balaban J connectivity index is 0.000000168. The van der Waals surface area contributed by atoms with Crippen LogP contribution in [0, 0.1) is 47.5 Å². The number of aromatic amines is 3. The standard InChI is InChI=1S/C36H46N6O4S.C34H46N8O4S.C33H45N7O5S2/c1-21(2)46-31-18-29(25-11-13-42(14-12-25)36(43)28-19-37-20-28)23(5)15-27(31)17-33-38-30(34-24(6)40-41-35(34)39-33)16-26-9-7-8-10-32(26)47(44,45)22(3)4;1-20(2)46-28-18-25(24-13-15-42(16-14-24)30(43)19-41(7)8)22(5)17-27(28)36-34-37-32(31-23(6)39-40-33(31)38-34)35-26-11-9-10-12-29(26)47(44,45)21(3)4;1-20(2)45-28-19-25(24-12-14-40(15-13-24)16-17-46(7,41)42)22(5)18-27(28)35-33-36-31(30-23(6)38-39-32(30)37-33)34-26-10-8-9-11-29(26)47(43,44)21(3)4/h7-10,15,18,21-22,25,28,37H,11-14,16-17,19-20H2,1-6H3,(H,38,39,40,41);9-12,17-18,20-21,24H,13-16,19H2,1-8H3,(H3,35,36,37,38,39,40);8-11,18-21,24H,12-17H2,1-7H3,(H3,34,35,36,37,38,39). The Morgan fingerprint density at radius 1 is 0.440 bits per heavy atom. The van der Waals surface area contributed by atoms with Crippen molar-refractivity contribution in [2.75, 3.05) is 113 Å². The average molecular weight is 2010 g/mol. The van der Waals surface area contributed by atoms with E-state index in [1.54, 1.807) is 102 Å². The molecule has 34 nitrogen and oxygen atoms in total. The molecule has 0 atom stereocenters. The van der Waals surface area contributed by atoms with Crippen molar-refractivity contribution in [2.45, 2.75) is 242 Å². The summed E-state index contributed by atoms with van der Waals surface area (Å²) in [6.07, 6.45) is 7.36. The zero-order valence-corrected chi connectivity index (χ0v) is 88.1. The fourth-order valence-electron chi connectivity index (χ4n) is 18.6. The highest BCUT2D eigenvalue weighted by atomic mass is 32.2. The van der Waals surface area contributed by atoms with Crippen LogP contribution in [-0.2, 0) is 61.8 Å². The molecule has 0 saturated carbocycles. The van der Waals surface area contributed by atoms with Gasteiger partial charge < -0.3 is 60.4 Å². The van der Waals surface area contributed by atoms with Crippen molar-refractivity contribution in [1.82, 2.24) is 85.4 Å². The number of nitrogens with zero attached hydrogens (tertiary/aromatic N) is 13. The normalized spacial score (nSPS) is 15.3. The number of rotatable bonds is 33. The first-order valence-corrected chi connectivity index (χ1v) is 55.4. The van der Waals surface area contributed by atoms with Gasteiger partial charge in [-0.05, 0) is 308 Å². The van der Waals surface area contributed by atoms with E-state index < -0.39 is 55.1 Å². The molecule has 4 saturated heterocycles. The van der Waals surface area contributed by atoms with Crippen LogP contribution in [0.25, 0.3) is 33.1 Å². The number of amides is 2. The summed E-state index contributed by atoms with van der Waals surface area (Å²) in [5, 5.41) is 39.1. The Kier molecular flexibility index (Phi) is 33.0. The quantitative estimate of drug-likeness (QED) is 0.0189. The second-order valence-electron chi connectivity index (χ2n) is 39.6. The lowest BCUT2D eigenvalue weighted by Gasteiger charge is -2.37. The molecular formula is C103H137N21O13S4. The fraction of sp³-hybridized carbons (Fsp3) is 0.485. The van der Waals surface area contributed by atoms with Crippen LogP contribution in [-0.4, -0.2) is 251 Å². The van der Waals surface area contributed by atoms with Gasteiger partial charge >= 0.3 is 0 Å². The van der Waals surface area contributed by atoms with Crippen molar-refractivity contribution in [3.05, 3.63) is 182 Å². The number of sulfone groups is 4. The van der Waals surface area contributed by atoms with Gasteiger partial charge in [-0.1, -0.05) is 48.5 Å². The number of carbonyl (C=O) groups excluding carboxylic acids is 2. The molecule has 10 heterocycles. The molecule has 141 heavy (non-hydrogen) atoms. The third-order valence-corrected chi connectivity index (χ3v) is 33.9. The van der Waals surface area contributed by atoms with Crippen molar-refractivity contribution in [3.63, 3.8) is 0 Å². The minimum atomic E-state index is -3.57. The van der Waals surface area contributed by atoms with Gasteiger partial charge in [0.05, 0.1) is 112 Å². The molecule has 0 unspecified atom stereocenters. The van der Waals surface area contributed by atoms with E-state index >= 15 is 0 Å². The first-order valence-electron chi connectivity index (χ1n) is 48.7. The van der Waals surface area contributed by atoms with E-state index in [1.165, 1.54) is 28.5 Å². The lowest BCUT2D eigenvalue weighted by molar-refractivity contribution is -0.138. The minimum Gasteiger partial charge on any atom is -0.491 e. The second kappa shape index (κ2) is 44.4. The topological polar surface area (TPSA) is 435 Å². The Morgan fingerprint density at radius 2 is 0.837 bits per heavy atom. The van der Waals surface area contributed by atoms with E-state index in [4.69, 9.17) is 34.1 Å². The monoisotopic (exact) mass is 2000 g/mol. The van der Waals surface area contributed by atoms with Crippen molar-refractivity contribution in [1.29, 1.82) is 0 Å². The number of anilines is 8. The van der Waals surface area contributed by atoms with Crippen LogP contribution in [0.5, 0.6) is 17.2 Å². The van der Waals surface area contributed by atoms with Gasteiger partial charge in [0.1, 0.15) is 44.5 Å². The summed E-state index contributed by atoms with van der Waals surface area (Å²) in [7, 11) is -9.80. The summed E-state index contributed by atoms with van der Waals surface area (Å²) < 4.78 is 121. The second-order valence-corrected chi connectivity index (χ2v) is 49.3. The fourth-order valence-corrected chi connectivity index (χ4v) is 22.9. The Bertz CT molecular complexity index is 7030. The Labute approximate surface area is 828 Å². The van der Waals surface area contributed by atoms with Gasteiger partial charge in [-0.25, -0.2) is 43.6 Å². The maximum atomic E-state index is 13.2. The third kappa shape index (κ3) is 24.9. The van der Waals surface area contributed by atoms with Crippen LogP contribution in [0.3, 0.4) is 0 Å². The predicted octanol–water partition coefficient (Wildman–Crippen LogP) is 16.4. The Hall–Kier alpha value is -11.8. The van der Waals surface area contributed by atoms with Gasteiger partial charge in [-0.15, -0.1) is 0 Å². The van der Waals surface area contributed by atoms with Crippen LogP contribution >= 0.6 is 0 Å². The molecule has 6 aromatic heterocycles. The SMILES string of the molecule is Cc1cc(Cc2nc(Cc3ccccc3S(=O)(=O)C(C)C)c3c(C)[nH]nc3n2)c(OC(C)C)cc1C1CCN(C(=O)C2CNC2)CC1.Cc1cc(Nc2nc(Nc3ccccc3S(=O)(=O)C(C)C)c3c(C)[nH]nc3n2)c(OC(C)C)cc1C1CCN(C(=O)CN(C)C)CC1.Cc1cc(Nc2nc(Nc3ccccc3S(=O)(=O)C(C)C)c3c(C)[nH]nc3n2)c(OC(C)C)cc1C1CCN(CCS(C)(=O)=O)CC1. The molecule has 4 fully saturated rings. The molecule has 0 bridgehead atoms. The van der Waals surface area contributed by atoms with E-state index in [1.807, 2.05) is 109 Å². The number of likely N-dealkylation sites (tertiary alicyclic amines) is 3. The lowest BCUT2D eigenvalue weighted by atomic mass is 9.85. The van der Waals surface area contributed by atoms with Gasteiger partial charge in [-0.3, -0.25) is 24.9 Å². The number of piperidine rings is 3. The molecule has 38 heteroatoms. The zero-order valence-electron chi connectivity index (χ0n) is 84.9. The van der Waals surface area contributed by atoms with Crippen LogP contribution < -0.4 is 40.8 Å². The molecule has 756 valence electrons. The summed E-state index contributed by atoms with van der Waals surface area (Å²) in [5.74, 6) is 5.90. The molecule has 2 amide bonds. The van der Waals surface area contributed by atoms with Crippen molar-refractivity contribution < 1.29 is 57.5 Å². The number of hydrogen-bond donors (Lipinski definition) is 8. The van der Waals surface area contributed by atoms with Crippen LogP contribution in [0.4, 0.5) is 46.3 Å². The molecule has 0 aliphatic carbocycles. The number of benzene rings is 6. The van der Waals surface area contributed by atoms with E-state index in [0.29, 0.717) is 134 Å². The van der Waals surface area contributed by atoms with Crippen LogP contribution in [0.2, 0.25) is 0 Å². The predicted molar refractivity (Wildman–Crippen MR) is 555 cm³/mol. The highest BCUT2D eigenvalue weighted by Crippen LogP contribution is 2.44. The number of aryl methyl sites for hydroxylation is 6. The number of para-hydroxylation sites is 2. The molecule has 0 radical (unpaired) electrons. The molecule has 16 rings (SSSR count). The van der Waals surface area contributed by atoms with Gasteiger partial charge in [-0.2, -0.15) is 35.2 Å². The molecule has 8 N–H and O–H groups in total. The van der Waals surface area contributed by atoms with E-state index in [2.05, 4.69) is 123 Å². The van der Waals surface area contributed by atoms with E-state index in [-0.39, 0.29) is 63.5 Å². The summed E-state index contributed by atoms with van der Waals surface area (Å²) in [4.78, 5) is 63.1. The maximum absolute atomic E-state index is 13.2. The van der Waals surface area contributed by atoms with Crippen molar-refractivity contribution >= 4 is 131 Å². The number of ether oxygens (including phenoxy) is 3. The largest absolute Gasteiger partial charge is 0.491 e. The third-order valence-electron chi connectivity index (χ3n) is 26.3. The first-order chi connectivity index (χ1) is 66.8. The first kappa shape index (κ1) is 105. The number of aromatic nitrogens is 12. The molecule has 4 aliphatic heterocycles. The molecule has 12 aromatic rings. The summed E-state index contributed by atoms with van der Waals surface area (Å²) in [6.45, 7) is 41.3. The number of likely N-dealkylation sites (N-methyl/N-ethyl adjacent to an activating group) is 1. The summed E-state index contributed by atoms with van der Waals surface area (Å²) >= 11 is 0. The van der Waals surface area contributed by atoms with E-state index in [9.17, 15) is 43.3 Å². The number of H-pyrrole nitrogens is 3. The number of fused-ring (bicyclic) bond motifs is 3. The lowest BCUT2D eigenvalue weighted by Crippen LogP contribution is -2.53. The Morgan fingerprint density at radius 3 is 1.27 bits per heavy atom. The molecular weight excluding hydrogens is 1870 g/mol. The van der Waals surface area contributed by atoms with E-state index in [0.717, 1.165) is 141 Å². The smallest absolute Gasteiger partial charge is 0.236 e. The number of nitrogens with one attached hydrogen (secondary N) is 8.